The summed E-state index contributed by atoms with van der Waals surface area (Å²) in [4.78, 5) is 0. The van der Waals surface area contributed by atoms with E-state index in [0.717, 1.165) is 11.3 Å². The lowest BCUT2D eigenvalue weighted by Crippen LogP contribution is -2.38. The number of hydrogen-bond donors (Lipinski definition) is 3. The third-order valence-electron chi connectivity index (χ3n) is 2.35. The first-order valence-corrected chi connectivity index (χ1v) is 5.01. The van der Waals surface area contributed by atoms with Crippen LogP contribution in [0.3, 0.4) is 0 Å². The summed E-state index contributed by atoms with van der Waals surface area (Å²) in [6.07, 6.45) is 0. The monoisotopic (exact) mass is 223 g/mol. The van der Waals surface area contributed by atoms with E-state index in [-0.39, 0.29) is 11.9 Å². The number of benzene rings is 1. The maximum atomic E-state index is 8.50. The van der Waals surface area contributed by atoms with Gasteiger partial charge in [-0.3, -0.25) is 0 Å². The molecule has 1 rings (SSSR count). The molecule has 0 fully saturated rings. The Morgan fingerprint density at radius 1 is 1.56 bits per heavy atom. The van der Waals surface area contributed by atoms with Gasteiger partial charge in [-0.2, -0.15) is 0 Å². The highest BCUT2D eigenvalue weighted by molar-refractivity contribution is 5.84. The molecule has 0 saturated carbocycles. The number of amidine groups is 1. The second kappa shape index (κ2) is 5.97. The summed E-state index contributed by atoms with van der Waals surface area (Å²) in [5.74, 6) is 0.983. The van der Waals surface area contributed by atoms with E-state index in [2.05, 4.69) is 10.5 Å². The Morgan fingerprint density at radius 2 is 2.25 bits per heavy atom. The zero-order chi connectivity index (χ0) is 12.0. The van der Waals surface area contributed by atoms with Crippen LogP contribution >= 0.6 is 0 Å². The Hall–Kier alpha value is -1.75. The highest BCUT2D eigenvalue weighted by Crippen LogP contribution is 2.16. The van der Waals surface area contributed by atoms with E-state index in [1.54, 1.807) is 7.11 Å². The molecule has 4 N–H and O–H groups in total. The van der Waals surface area contributed by atoms with Crippen molar-refractivity contribution in [2.45, 2.75) is 19.5 Å². The van der Waals surface area contributed by atoms with Crippen LogP contribution in [0.2, 0.25) is 0 Å². The van der Waals surface area contributed by atoms with Crippen molar-refractivity contribution in [3.8, 4) is 5.75 Å². The van der Waals surface area contributed by atoms with Crippen LogP contribution < -0.4 is 15.8 Å². The van der Waals surface area contributed by atoms with Gasteiger partial charge in [0, 0.05) is 12.1 Å². The lowest BCUT2D eigenvalue weighted by atomic mass is 10.2. The first-order valence-electron chi connectivity index (χ1n) is 5.01. The van der Waals surface area contributed by atoms with E-state index in [9.17, 15) is 0 Å². The maximum absolute atomic E-state index is 8.50. The molecule has 5 heteroatoms. The Bertz CT molecular complexity index is 366. The van der Waals surface area contributed by atoms with Gasteiger partial charge in [-0.15, -0.1) is 0 Å². The largest absolute Gasteiger partial charge is 0.496 e. The van der Waals surface area contributed by atoms with Gasteiger partial charge in [0.1, 0.15) is 5.75 Å². The van der Waals surface area contributed by atoms with Gasteiger partial charge in [0.2, 0.25) is 0 Å². The van der Waals surface area contributed by atoms with E-state index in [1.807, 2.05) is 31.2 Å². The zero-order valence-corrected chi connectivity index (χ0v) is 9.47. The first-order chi connectivity index (χ1) is 7.69. The molecule has 0 aliphatic carbocycles. The summed E-state index contributed by atoms with van der Waals surface area (Å²) < 4.78 is 5.21. The Balaban J connectivity index is 2.61. The van der Waals surface area contributed by atoms with E-state index in [0.29, 0.717) is 6.54 Å². The Morgan fingerprint density at radius 3 is 2.88 bits per heavy atom. The van der Waals surface area contributed by atoms with Crippen molar-refractivity contribution in [2.24, 2.45) is 10.9 Å². The fourth-order valence-electron chi connectivity index (χ4n) is 1.30. The molecule has 88 valence electrons. The van der Waals surface area contributed by atoms with Crippen LogP contribution in [0.25, 0.3) is 0 Å². The fraction of sp³-hybridized carbons (Fsp3) is 0.364. The van der Waals surface area contributed by atoms with E-state index in [4.69, 9.17) is 15.7 Å². The number of hydrogen-bond acceptors (Lipinski definition) is 4. The molecular weight excluding hydrogens is 206 g/mol. The molecule has 0 amide bonds. The van der Waals surface area contributed by atoms with Crippen molar-refractivity contribution in [1.29, 1.82) is 0 Å². The van der Waals surface area contributed by atoms with E-state index >= 15 is 0 Å². The number of rotatable bonds is 5. The van der Waals surface area contributed by atoms with Crippen LogP contribution in [0.15, 0.2) is 29.4 Å². The molecule has 0 aliphatic rings. The van der Waals surface area contributed by atoms with Crippen molar-refractivity contribution >= 4 is 5.84 Å². The van der Waals surface area contributed by atoms with Gasteiger partial charge in [-0.05, 0) is 13.0 Å². The number of ether oxygens (including phenoxy) is 1. The molecule has 16 heavy (non-hydrogen) atoms. The molecule has 0 aromatic heterocycles. The summed E-state index contributed by atoms with van der Waals surface area (Å²) in [5, 5.41) is 14.6. The molecular formula is C11H17N3O2. The Labute approximate surface area is 94.9 Å². The lowest BCUT2D eigenvalue weighted by molar-refractivity contribution is 0.315. The SMILES string of the molecule is COc1ccccc1CNC(C)C(N)=NO. The molecule has 1 aromatic rings. The molecule has 1 aromatic carbocycles. The molecule has 1 atom stereocenters. The van der Waals surface area contributed by atoms with E-state index in [1.165, 1.54) is 0 Å². The first kappa shape index (κ1) is 12.3. The molecule has 0 radical (unpaired) electrons. The molecule has 1 unspecified atom stereocenters. The lowest BCUT2D eigenvalue weighted by Gasteiger charge is -2.13. The van der Waals surface area contributed by atoms with Crippen molar-refractivity contribution in [3.63, 3.8) is 0 Å². The molecule has 0 heterocycles. The van der Waals surface area contributed by atoms with Crippen molar-refractivity contribution in [2.75, 3.05) is 7.11 Å². The number of nitrogens with two attached hydrogens (primary N) is 1. The van der Waals surface area contributed by atoms with Gasteiger partial charge in [0.25, 0.3) is 0 Å². The van der Waals surface area contributed by atoms with Crippen molar-refractivity contribution in [1.82, 2.24) is 5.32 Å². The van der Waals surface area contributed by atoms with Crippen LogP contribution in [0.1, 0.15) is 12.5 Å². The smallest absolute Gasteiger partial charge is 0.156 e. The number of para-hydroxylation sites is 1. The van der Waals surface area contributed by atoms with Crippen LogP contribution in [-0.4, -0.2) is 24.2 Å². The summed E-state index contributed by atoms with van der Waals surface area (Å²) in [6.45, 7) is 2.42. The minimum atomic E-state index is -0.185. The van der Waals surface area contributed by atoms with Crippen molar-refractivity contribution in [3.05, 3.63) is 29.8 Å². The minimum Gasteiger partial charge on any atom is -0.496 e. The van der Waals surface area contributed by atoms with Crippen LogP contribution in [0.4, 0.5) is 0 Å². The quantitative estimate of drug-likeness (QED) is 0.300. The van der Waals surface area contributed by atoms with Gasteiger partial charge in [0.05, 0.1) is 13.2 Å². The third kappa shape index (κ3) is 3.13. The standard InChI is InChI=1S/C11H17N3O2/c1-8(11(12)14-15)13-7-9-5-3-4-6-10(9)16-2/h3-6,8,13,15H,7H2,1-2H3,(H2,12,14). The topological polar surface area (TPSA) is 79.9 Å². The number of nitrogens with one attached hydrogen (secondary N) is 1. The maximum Gasteiger partial charge on any atom is 0.156 e. The second-order valence-electron chi connectivity index (χ2n) is 3.44. The minimum absolute atomic E-state index is 0.162. The highest BCUT2D eigenvalue weighted by atomic mass is 16.5. The Kier molecular flexibility index (Phi) is 4.60. The predicted octanol–water partition coefficient (Wildman–Crippen LogP) is 0.920. The van der Waals surface area contributed by atoms with Gasteiger partial charge in [0.15, 0.2) is 5.84 Å². The van der Waals surface area contributed by atoms with Gasteiger partial charge in [-0.1, -0.05) is 23.4 Å². The highest BCUT2D eigenvalue weighted by Gasteiger charge is 2.08. The summed E-state index contributed by atoms with van der Waals surface area (Å²) >= 11 is 0. The van der Waals surface area contributed by atoms with Gasteiger partial charge < -0.3 is 21.0 Å². The molecule has 0 aliphatic heterocycles. The van der Waals surface area contributed by atoms with Crippen LogP contribution in [0.5, 0.6) is 5.75 Å². The zero-order valence-electron chi connectivity index (χ0n) is 9.47. The summed E-state index contributed by atoms with van der Waals surface area (Å²) in [5.41, 5.74) is 6.49. The summed E-state index contributed by atoms with van der Waals surface area (Å²) in [6, 6.07) is 7.52. The average Bonchev–Trinajstić information content (AvgIpc) is 2.35. The van der Waals surface area contributed by atoms with Gasteiger partial charge in [-0.25, -0.2) is 0 Å². The van der Waals surface area contributed by atoms with Crippen molar-refractivity contribution < 1.29 is 9.94 Å². The number of oxime groups is 1. The predicted molar refractivity (Wildman–Crippen MR) is 62.7 cm³/mol. The van der Waals surface area contributed by atoms with Crippen LogP contribution in [-0.2, 0) is 6.54 Å². The van der Waals surface area contributed by atoms with E-state index < -0.39 is 0 Å². The van der Waals surface area contributed by atoms with Crippen LogP contribution in [0, 0.1) is 0 Å². The number of nitrogens with zero attached hydrogens (tertiary/aromatic N) is 1. The third-order valence-corrected chi connectivity index (χ3v) is 2.35. The second-order valence-corrected chi connectivity index (χ2v) is 3.44. The molecule has 0 bridgehead atoms. The van der Waals surface area contributed by atoms with Gasteiger partial charge >= 0.3 is 0 Å². The molecule has 0 spiro atoms. The number of methoxy groups -OCH3 is 1. The normalized spacial score (nSPS) is 13.5. The fourth-order valence-corrected chi connectivity index (χ4v) is 1.30. The average molecular weight is 223 g/mol. The molecule has 0 saturated heterocycles. The molecule has 5 nitrogen and oxygen atoms in total. The summed E-state index contributed by atoms with van der Waals surface area (Å²) in [7, 11) is 1.63.